The van der Waals surface area contributed by atoms with Crippen LogP contribution >= 0.6 is 0 Å². The fourth-order valence-electron chi connectivity index (χ4n) is 2.96. The molecule has 0 radical (unpaired) electrons. The number of amides is 3. The number of urea groups is 1. The quantitative estimate of drug-likeness (QED) is 0.774. The fourth-order valence-corrected chi connectivity index (χ4v) is 2.96. The molecule has 0 aromatic rings. The summed E-state index contributed by atoms with van der Waals surface area (Å²) >= 11 is 0. The van der Waals surface area contributed by atoms with Crippen molar-refractivity contribution < 1.29 is 9.59 Å². The Kier molecular flexibility index (Phi) is 3.78. The first-order valence-electron chi connectivity index (χ1n) is 6.83. The summed E-state index contributed by atoms with van der Waals surface area (Å²) < 4.78 is 0. The molecule has 0 aromatic heterocycles. The van der Waals surface area contributed by atoms with Crippen molar-refractivity contribution in [3.63, 3.8) is 0 Å². The number of hydrogen-bond donors (Lipinski definition) is 2. The fraction of sp³-hybridized carbons (Fsp3) is 0.846. The van der Waals surface area contributed by atoms with Gasteiger partial charge in [0, 0.05) is 26.2 Å². The summed E-state index contributed by atoms with van der Waals surface area (Å²) in [4.78, 5) is 25.6. The SMILES string of the molecule is CNC(=O)C1(C)CCN(C(=O)NC2CCCC2)C1. The van der Waals surface area contributed by atoms with Crippen LogP contribution in [0.4, 0.5) is 4.79 Å². The zero-order chi connectivity index (χ0) is 13.2. The van der Waals surface area contributed by atoms with Gasteiger partial charge in [0.2, 0.25) is 5.91 Å². The Morgan fingerprint density at radius 1 is 1.28 bits per heavy atom. The molecular formula is C13H23N3O2. The Bertz CT molecular complexity index is 339. The summed E-state index contributed by atoms with van der Waals surface area (Å²) in [5.74, 6) is 0.0265. The molecule has 18 heavy (non-hydrogen) atoms. The van der Waals surface area contributed by atoms with Crippen LogP contribution in [-0.2, 0) is 4.79 Å². The number of nitrogens with one attached hydrogen (secondary N) is 2. The second kappa shape index (κ2) is 5.16. The van der Waals surface area contributed by atoms with Crippen molar-refractivity contribution in [2.75, 3.05) is 20.1 Å². The lowest BCUT2D eigenvalue weighted by atomic mass is 9.89. The molecule has 1 aliphatic heterocycles. The van der Waals surface area contributed by atoms with Crippen molar-refractivity contribution in [1.82, 2.24) is 15.5 Å². The van der Waals surface area contributed by atoms with Crippen molar-refractivity contribution in [2.45, 2.75) is 45.1 Å². The van der Waals surface area contributed by atoms with Crippen LogP contribution in [0.25, 0.3) is 0 Å². The lowest BCUT2D eigenvalue weighted by Gasteiger charge is -2.24. The van der Waals surface area contributed by atoms with Gasteiger partial charge < -0.3 is 15.5 Å². The van der Waals surface area contributed by atoms with Crippen LogP contribution in [0.1, 0.15) is 39.0 Å². The lowest BCUT2D eigenvalue weighted by molar-refractivity contribution is -0.128. The molecular weight excluding hydrogens is 230 g/mol. The van der Waals surface area contributed by atoms with E-state index in [2.05, 4.69) is 10.6 Å². The van der Waals surface area contributed by atoms with E-state index >= 15 is 0 Å². The van der Waals surface area contributed by atoms with E-state index in [0.717, 1.165) is 19.3 Å². The molecule has 5 heteroatoms. The minimum absolute atomic E-state index is 0.00507. The average molecular weight is 253 g/mol. The minimum atomic E-state index is -0.429. The first-order chi connectivity index (χ1) is 8.55. The van der Waals surface area contributed by atoms with E-state index in [1.54, 1.807) is 11.9 Å². The van der Waals surface area contributed by atoms with E-state index in [9.17, 15) is 9.59 Å². The van der Waals surface area contributed by atoms with E-state index < -0.39 is 5.41 Å². The maximum atomic E-state index is 12.1. The number of nitrogens with zero attached hydrogens (tertiary/aromatic N) is 1. The third kappa shape index (κ3) is 2.60. The molecule has 3 amide bonds. The summed E-state index contributed by atoms with van der Waals surface area (Å²) in [5.41, 5.74) is -0.429. The first kappa shape index (κ1) is 13.2. The minimum Gasteiger partial charge on any atom is -0.359 e. The second-order valence-corrected chi connectivity index (χ2v) is 5.74. The molecule has 1 aliphatic carbocycles. The molecule has 2 rings (SSSR count). The highest BCUT2D eigenvalue weighted by Crippen LogP contribution is 2.30. The third-order valence-electron chi connectivity index (χ3n) is 4.22. The standard InChI is InChI=1S/C13H23N3O2/c1-13(11(17)14-2)7-8-16(9-13)12(18)15-10-5-3-4-6-10/h10H,3-9H2,1-2H3,(H,14,17)(H,15,18). The van der Waals surface area contributed by atoms with E-state index in [-0.39, 0.29) is 11.9 Å². The monoisotopic (exact) mass is 253 g/mol. The smallest absolute Gasteiger partial charge is 0.317 e. The molecule has 1 saturated heterocycles. The highest BCUT2D eigenvalue weighted by molar-refractivity contribution is 5.84. The molecule has 2 aliphatic rings. The molecule has 5 nitrogen and oxygen atoms in total. The zero-order valence-electron chi connectivity index (χ0n) is 11.3. The highest BCUT2D eigenvalue weighted by atomic mass is 16.2. The van der Waals surface area contributed by atoms with Crippen LogP contribution in [-0.4, -0.2) is 43.0 Å². The molecule has 0 bridgehead atoms. The summed E-state index contributed by atoms with van der Waals surface area (Å²) in [5, 5.41) is 5.75. The van der Waals surface area contributed by atoms with Gasteiger partial charge in [-0.1, -0.05) is 12.8 Å². The van der Waals surface area contributed by atoms with E-state index in [4.69, 9.17) is 0 Å². The van der Waals surface area contributed by atoms with Crippen LogP contribution in [0.2, 0.25) is 0 Å². The Morgan fingerprint density at radius 3 is 2.56 bits per heavy atom. The molecule has 0 aromatic carbocycles. The Hall–Kier alpha value is -1.26. The van der Waals surface area contributed by atoms with E-state index in [1.165, 1.54) is 12.8 Å². The maximum absolute atomic E-state index is 12.1. The molecule has 2 N–H and O–H groups in total. The van der Waals surface area contributed by atoms with Gasteiger partial charge in [-0.3, -0.25) is 4.79 Å². The number of hydrogen-bond acceptors (Lipinski definition) is 2. The number of rotatable bonds is 2. The molecule has 1 saturated carbocycles. The van der Waals surface area contributed by atoms with Crippen molar-refractivity contribution in [2.24, 2.45) is 5.41 Å². The highest BCUT2D eigenvalue weighted by Gasteiger charge is 2.41. The molecule has 102 valence electrons. The van der Waals surface area contributed by atoms with Crippen LogP contribution in [0.15, 0.2) is 0 Å². The van der Waals surface area contributed by atoms with Gasteiger partial charge in [-0.2, -0.15) is 0 Å². The Labute approximate surface area is 108 Å². The molecule has 1 unspecified atom stereocenters. The summed E-state index contributed by atoms with van der Waals surface area (Å²) in [6, 6.07) is 0.332. The van der Waals surface area contributed by atoms with Crippen molar-refractivity contribution in [3.8, 4) is 0 Å². The zero-order valence-corrected chi connectivity index (χ0v) is 11.3. The number of carbonyl (C=O) groups is 2. The van der Waals surface area contributed by atoms with Gasteiger partial charge >= 0.3 is 6.03 Å². The van der Waals surface area contributed by atoms with Gasteiger partial charge in [0.1, 0.15) is 0 Å². The average Bonchev–Trinajstić information content (AvgIpc) is 2.98. The summed E-state index contributed by atoms with van der Waals surface area (Å²) in [7, 11) is 1.65. The van der Waals surface area contributed by atoms with Gasteiger partial charge in [-0.15, -0.1) is 0 Å². The third-order valence-corrected chi connectivity index (χ3v) is 4.22. The van der Waals surface area contributed by atoms with Crippen molar-refractivity contribution >= 4 is 11.9 Å². The van der Waals surface area contributed by atoms with Gasteiger partial charge in [-0.25, -0.2) is 4.79 Å². The Balaban J connectivity index is 1.87. The van der Waals surface area contributed by atoms with Crippen LogP contribution in [0.5, 0.6) is 0 Å². The van der Waals surface area contributed by atoms with Gasteiger partial charge in [0.15, 0.2) is 0 Å². The second-order valence-electron chi connectivity index (χ2n) is 5.74. The Morgan fingerprint density at radius 2 is 1.94 bits per heavy atom. The predicted octanol–water partition coefficient (Wildman–Crippen LogP) is 1.10. The van der Waals surface area contributed by atoms with Gasteiger partial charge in [0.05, 0.1) is 5.41 Å². The molecule has 0 spiro atoms. The van der Waals surface area contributed by atoms with Gasteiger partial charge in [-0.05, 0) is 26.2 Å². The normalized spacial score (nSPS) is 28.4. The summed E-state index contributed by atoms with van der Waals surface area (Å²) in [6.45, 7) is 3.11. The lowest BCUT2D eigenvalue weighted by Crippen LogP contribution is -2.45. The van der Waals surface area contributed by atoms with Crippen LogP contribution < -0.4 is 10.6 Å². The molecule has 2 fully saturated rings. The number of carbonyl (C=O) groups excluding carboxylic acids is 2. The van der Waals surface area contributed by atoms with Gasteiger partial charge in [0.25, 0.3) is 0 Å². The van der Waals surface area contributed by atoms with E-state index in [1.807, 2.05) is 6.92 Å². The van der Waals surface area contributed by atoms with E-state index in [0.29, 0.717) is 19.1 Å². The van der Waals surface area contributed by atoms with Crippen molar-refractivity contribution in [3.05, 3.63) is 0 Å². The van der Waals surface area contributed by atoms with Crippen LogP contribution in [0, 0.1) is 5.41 Å². The summed E-state index contributed by atoms with van der Waals surface area (Å²) in [6.07, 6.45) is 5.34. The van der Waals surface area contributed by atoms with Crippen LogP contribution in [0.3, 0.4) is 0 Å². The maximum Gasteiger partial charge on any atom is 0.317 e. The largest absolute Gasteiger partial charge is 0.359 e. The number of likely N-dealkylation sites (tertiary alicyclic amines) is 1. The van der Waals surface area contributed by atoms with Crippen molar-refractivity contribution in [1.29, 1.82) is 0 Å². The molecule has 1 atom stereocenters. The predicted molar refractivity (Wildman–Crippen MR) is 69.2 cm³/mol. The topological polar surface area (TPSA) is 61.4 Å². The first-order valence-corrected chi connectivity index (χ1v) is 6.83. The molecule has 1 heterocycles.